The number of methoxy groups -OCH3 is 2. The van der Waals surface area contributed by atoms with Crippen molar-refractivity contribution in [3.63, 3.8) is 0 Å². The maximum absolute atomic E-state index is 11.8. The number of benzene rings is 7. The van der Waals surface area contributed by atoms with E-state index in [9.17, 15) is 23.2 Å². The molecule has 59 heavy (non-hydrogen) atoms. The molecule has 7 rings (SSSR count). The van der Waals surface area contributed by atoms with Crippen LogP contribution < -0.4 is 19.5 Å². The zero-order valence-corrected chi connectivity index (χ0v) is 32.8. The standard InChI is InChI=1S/C43H37N7O8S/c1-4-58-40-24-37(48-49-38-22-27(25-51)36(23-39(38)57-3)47-45-34-11-7-8-12-41(34)59(53,54)55)32-9-5-6-10-33(32)42(40)50-46-35-20-13-26-21-29(16-19-31(26)43(35)52)44-28-14-17-30(56-2)18-15-28/h5-24,44,51-52H,4,25H2,1-3H3,(H,53,54,55). The van der Waals surface area contributed by atoms with Gasteiger partial charge in [-0.05, 0) is 79.0 Å². The van der Waals surface area contributed by atoms with Crippen LogP contribution in [-0.2, 0) is 16.7 Å². The Hall–Kier alpha value is -7.27. The van der Waals surface area contributed by atoms with Crippen LogP contribution in [0.3, 0.4) is 0 Å². The molecule has 0 aliphatic rings. The van der Waals surface area contributed by atoms with Crippen molar-refractivity contribution < 1.29 is 37.4 Å². The fourth-order valence-corrected chi connectivity index (χ4v) is 6.83. The van der Waals surface area contributed by atoms with Gasteiger partial charge in [0.15, 0.2) is 5.75 Å². The summed E-state index contributed by atoms with van der Waals surface area (Å²) in [6.45, 7) is 1.68. The number of aliphatic hydroxyl groups excluding tert-OH is 1. The number of nitrogens with one attached hydrogen (secondary N) is 1. The summed E-state index contributed by atoms with van der Waals surface area (Å²) in [6, 6.07) is 34.4. The topological polar surface area (TPSA) is 209 Å². The van der Waals surface area contributed by atoms with Gasteiger partial charge in [-0.15, -0.1) is 25.6 Å². The van der Waals surface area contributed by atoms with E-state index in [1.54, 1.807) is 25.3 Å². The number of anilines is 2. The minimum atomic E-state index is -4.56. The van der Waals surface area contributed by atoms with E-state index in [-0.39, 0.29) is 34.2 Å². The Morgan fingerprint density at radius 2 is 1.27 bits per heavy atom. The number of rotatable bonds is 14. The molecule has 0 amide bonds. The number of fused-ring (bicyclic) bond motifs is 2. The number of aromatic hydroxyl groups is 1. The average Bonchev–Trinajstić information content (AvgIpc) is 3.25. The number of azo groups is 3. The van der Waals surface area contributed by atoms with Gasteiger partial charge in [0.25, 0.3) is 10.1 Å². The van der Waals surface area contributed by atoms with Gasteiger partial charge in [-0.1, -0.05) is 42.5 Å². The molecule has 0 spiro atoms. The molecule has 0 atom stereocenters. The first-order valence-corrected chi connectivity index (χ1v) is 19.5. The second-order valence-electron chi connectivity index (χ2n) is 12.8. The molecule has 15 nitrogen and oxygen atoms in total. The Kier molecular flexibility index (Phi) is 11.8. The summed E-state index contributed by atoms with van der Waals surface area (Å²) in [5.74, 6) is 1.35. The van der Waals surface area contributed by atoms with Crippen molar-refractivity contribution in [2.45, 2.75) is 18.4 Å². The van der Waals surface area contributed by atoms with E-state index in [0.717, 1.165) is 22.5 Å². The fourth-order valence-electron chi connectivity index (χ4n) is 6.21. The Bertz CT molecular complexity index is 2880. The van der Waals surface area contributed by atoms with E-state index < -0.39 is 21.6 Å². The lowest BCUT2D eigenvalue weighted by Gasteiger charge is -2.12. The second kappa shape index (κ2) is 17.5. The smallest absolute Gasteiger partial charge is 0.296 e. The molecule has 0 saturated heterocycles. The maximum Gasteiger partial charge on any atom is 0.296 e. The number of nitrogens with zero attached hydrogens (tertiary/aromatic N) is 6. The molecule has 0 aliphatic carbocycles. The van der Waals surface area contributed by atoms with E-state index in [4.69, 9.17) is 14.2 Å². The highest BCUT2D eigenvalue weighted by Crippen LogP contribution is 2.45. The summed E-state index contributed by atoms with van der Waals surface area (Å²) in [5.41, 5.74) is 3.50. The van der Waals surface area contributed by atoms with E-state index in [0.29, 0.717) is 45.5 Å². The number of hydrogen-bond acceptors (Lipinski definition) is 14. The highest BCUT2D eigenvalue weighted by molar-refractivity contribution is 7.86. The minimum absolute atomic E-state index is 0.0264. The normalized spacial score (nSPS) is 11.9. The monoisotopic (exact) mass is 811 g/mol. The molecule has 7 aromatic carbocycles. The van der Waals surface area contributed by atoms with Crippen molar-refractivity contribution in [3.8, 4) is 23.0 Å². The average molecular weight is 812 g/mol. The van der Waals surface area contributed by atoms with E-state index in [2.05, 4.69) is 36.0 Å². The van der Waals surface area contributed by atoms with Crippen LogP contribution in [-0.4, -0.2) is 44.0 Å². The molecule has 16 heteroatoms. The van der Waals surface area contributed by atoms with Crippen LogP contribution in [0.15, 0.2) is 157 Å². The molecule has 4 N–H and O–H groups in total. The molecular formula is C43H37N7O8S. The van der Waals surface area contributed by atoms with Crippen LogP contribution in [0.25, 0.3) is 21.5 Å². The van der Waals surface area contributed by atoms with Crippen molar-refractivity contribution in [1.82, 2.24) is 0 Å². The third-order valence-electron chi connectivity index (χ3n) is 9.09. The largest absolute Gasteiger partial charge is 0.505 e. The number of hydrogen-bond donors (Lipinski definition) is 4. The van der Waals surface area contributed by atoms with Crippen molar-refractivity contribution in [2.24, 2.45) is 30.7 Å². The number of ether oxygens (including phenoxy) is 3. The van der Waals surface area contributed by atoms with E-state index in [1.807, 2.05) is 79.7 Å². The summed E-state index contributed by atoms with van der Waals surface area (Å²) in [5, 5.41) is 53.8. The van der Waals surface area contributed by atoms with Crippen LogP contribution >= 0.6 is 0 Å². The van der Waals surface area contributed by atoms with Gasteiger partial charge in [-0.3, -0.25) is 4.55 Å². The predicted molar refractivity (Wildman–Crippen MR) is 225 cm³/mol. The van der Waals surface area contributed by atoms with Crippen LogP contribution in [0.2, 0.25) is 0 Å². The van der Waals surface area contributed by atoms with Gasteiger partial charge in [-0.2, -0.15) is 13.5 Å². The van der Waals surface area contributed by atoms with Crippen LogP contribution in [0, 0.1) is 0 Å². The number of phenolic OH excluding ortho intramolecular Hbond substituents is 1. The Morgan fingerprint density at radius 1 is 0.610 bits per heavy atom. The summed E-state index contributed by atoms with van der Waals surface area (Å²) in [6.07, 6.45) is 0. The van der Waals surface area contributed by atoms with Gasteiger partial charge in [0.05, 0.1) is 38.8 Å². The lowest BCUT2D eigenvalue weighted by atomic mass is 10.1. The molecule has 0 radical (unpaired) electrons. The summed E-state index contributed by atoms with van der Waals surface area (Å²) < 4.78 is 50.1. The lowest BCUT2D eigenvalue weighted by molar-refractivity contribution is 0.282. The van der Waals surface area contributed by atoms with Crippen molar-refractivity contribution in [1.29, 1.82) is 0 Å². The Morgan fingerprint density at radius 3 is 2.00 bits per heavy atom. The third kappa shape index (κ3) is 8.84. The van der Waals surface area contributed by atoms with Gasteiger partial charge in [-0.25, -0.2) is 0 Å². The predicted octanol–water partition coefficient (Wildman–Crippen LogP) is 11.8. The summed E-state index contributed by atoms with van der Waals surface area (Å²) in [4.78, 5) is -0.418. The van der Waals surface area contributed by atoms with Gasteiger partial charge < -0.3 is 29.7 Å². The molecule has 0 aliphatic heterocycles. The molecule has 7 aromatic rings. The molecule has 0 heterocycles. The summed E-state index contributed by atoms with van der Waals surface area (Å²) >= 11 is 0. The fraction of sp³-hybridized carbons (Fsp3) is 0.116. The zero-order chi connectivity index (χ0) is 41.5. The first-order chi connectivity index (χ1) is 28.6. The quantitative estimate of drug-likeness (QED) is 0.0607. The van der Waals surface area contributed by atoms with Crippen molar-refractivity contribution in [2.75, 3.05) is 26.1 Å². The maximum atomic E-state index is 11.8. The molecule has 0 bridgehead atoms. The Balaban J connectivity index is 1.19. The van der Waals surface area contributed by atoms with Crippen LogP contribution in [0.1, 0.15) is 12.5 Å². The SMILES string of the molecule is CCOc1cc(N=Nc2cc(CO)c(N=Nc3ccccc3S(=O)(=O)O)cc2OC)c2ccccc2c1N=Nc1ccc2cc(Nc3ccc(OC)cc3)ccc2c1O. The van der Waals surface area contributed by atoms with Gasteiger partial charge in [0.1, 0.15) is 44.9 Å². The molecule has 0 fully saturated rings. The molecular weight excluding hydrogens is 775 g/mol. The third-order valence-corrected chi connectivity index (χ3v) is 9.99. The first kappa shape index (κ1) is 39.9. The molecule has 0 saturated carbocycles. The Labute approximate surface area is 338 Å². The first-order valence-electron chi connectivity index (χ1n) is 18.1. The minimum Gasteiger partial charge on any atom is -0.505 e. The van der Waals surface area contributed by atoms with Gasteiger partial charge in [0.2, 0.25) is 0 Å². The highest BCUT2D eigenvalue weighted by Gasteiger charge is 2.17. The van der Waals surface area contributed by atoms with Crippen LogP contribution in [0.4, 0.5) is 45.5 Å². The number of aliphatic hydroxyl groups is 1. The number of phenols is 1. The highest BCUT2D eigenvalue weighted by atomic mass is 32.2. The van der Waals surface area contributed by atoms with Gasteiger partial charge in [0, 0.05) is 45.2 Å². The van der Waals surface area contributed by atoms with Crippen LogP contribution in [0.5, 0.6) is 23.0 Å². The zero-order valence-electron chi connectivity index (χ0n) is 31.9. The molecule has 0 aromatic heterocycles. The molecule has 298 valence electrons. The van der Waals surface area contributed by atoms with E-state index >= 15 is 0 Å². The van der Waals surface area contributed by atoms with Gasteiger partial charge >= 0.3 is 0 Å². The van der Waals surface area contributed by atoms with Crippen molar-refractivity contribution >= 4 is 77.2 Å². The van der Waals surface area contributed by atoms with Crippen molar-refractivity contribution in [3.05, 3.63) is 127 Å². The summed E-state index contributed by atoms with van der Waals surface area (Å²) in [7, 11) is -1.51. The lowest BCUT2D eigenvalue weighted by Crippen LogP contribution is -1.97. The van der Waals surface area contributed by atoms with E-state index in [1.165, 1.54) is 37.4 Å². The second-order valence-corrected chi connectivity index (χ2v) is 14.2. The molecule has 0 unspecified atom stereocenters.